The van der Waals surface area contributed by atoms with Crippen molar-refractivity contribution in [3.05, 3.63) is 34.9 Å². The third-order valence-electron chi connectivity index (χ3n) is 3.58. The van der Waals surface area contributed by atoms with Crippen molar-refractivity contribution in [3.63, 3.8) is 0 Å². The van der Waals surface area contributed by atoms with Crippen molar-refractivity contribution in [1.29, 1.82) is 0 Å². The zero-order valence-corrected chi connectivity index (χ0v) is 8.05. The van der Waals surface area contributed by atoms with Crippen molar-refractivity contribution in [2.45, 2.75) is 38.5 Å². The van der Waals surface area contributed by atoms with E-state index in [1.807, 2.05) is 0 Å². The van der Waals surface area contributed by atoms with Crippen molar-refractivity contribution in [3.8, 4) is 0 Å². The van der Waals surface area contributed by atoms with E-state index in [-0.39, 0.29) is 0 Å². The van der Waals surface area contributed by atoms with Crippen LogP contribution in [0.4, 0.5) is 0 Å². The van der Waals surface area contributed by atoms with Crippen molar-refractivity contribution in [2.24, 2.45) is 5.92 Å². The fourth-order valence-electron chi connectivity index (χ4n) is 2.88. The second-order valence-electron chi connectivity index (χ2n) is 4.58. The molecule has 0 spiro atoms. The van der Waals surface area contributed by atoms with Crippen LogP contribution in [-0.2, 0) is 0 Å². The van der Waals surface area contributed by atoms with Crippen molar-refractivity contribution in [1.82, 2.24) is 0 Å². The Labute approximate surface area is 80.0 Å². The van der Waals surface area contributed by atoms with Gasteiger partial charge in [-0.3, -0.25) is 0 Å². The summed E-state index contributed by atoms with van der Waals surface area (Å²) >= 11 is 0. The molecule has 0 nitrogen and oxygen atoms in total. The van der Waals surface area contributed by atoms with Crippen LogP contribution in [0, 0.1) is 5.92 Å². The quantitative estimate of drug-likeness (QED) is 0.522. The standard InChI is InChI=1S/C13H16/c1-2-4-13-9-11-6-5-10(7-11)8-12(13)3-1/h5-6,8,11H,1-4,7,9H2. The molecule has 3 aliphatic rings. The Morgan fingerprint density at radius 3 is 3.00 bits per heavy atom. The average Bonchev–Trinajstić information content (AvgIpc) is 2.48. The van der Waals surface area contributed by atoms with E-state index in [0.717, 1.165) is 5.92 Å². The zero-order valence-electron chi connectivity index (χ0n) is 8.05. The van der Waals surface area contributed by atoms with Gasteiger partial charge in [0.15, 0.2) is 0 Å². The summed E-state index contributed by atoms with van der Waals surface area (Å²) in [6.45, 7) is 0. The zero-order chi connectivity index (χ0) is 8.67. The van der Waals surface area contributed by atoms with E-state index in [1.165, 1.54) is 38.5 Å². The summed E-state index contributed by atoms with van der Waals surface area (Å²) in [6.07, 6.45) is 15.4. The average molecular weight is 172 g/mol. The van der Waals surface area contributed by atoms with Gasteiger partial charge in [-0.15, -0.1) is 0 Å². The Balaban J connectivity index is 2.01. The van der Waals surface area contributed by atoms with Gasteiger partial charge >= 0.3 is 0 Å². The third kappa shape index (κ3) is 1.29. The van der Waals surface area contributed by atoms with E-state index in [9.17, 15) is 0 Å². The lowest BCUT2D eigenvalue weighted by Crippen LogP contribution is -2.01. The van der Waals surface area contributed by atoms with Gasteiger partial charge in [-0.05, 0) is 55.6 Å². The summed E-state index contributed by atoms with van der Waals surface area (Å²) in [4.78, 5) is 0. The maximum atomic E-state index is 2.47. The fraction of sp³-hybridized carbons (Fsp3) is 0.538. The molecule has 1 unspecified atom stereocenters. The highest BCUT2D eigenvalue weighted by Crippen LogP contribution is 2.39. The van der Waals surface area contributed by atoms with Gasteiger partial charge < -0.3 is 0 Å². The van der Waals surface area contributed by atoms with E-state index in [1.54, 1.807) is 16.7 Å². The molecule has 0 N–H and O–H groups in total. The van der Waals surface area contributed by atoms with Crippen LogP contribution in [0.15, 0.2) is 34.9 Å². The second-order valence-corrected chi connectivity index (χ2v) is 4.58. The molecular formula is C13H16. The van der Waals surface area contributed by atoms with Crippen LogP contribution in [-0.4, -0.2) is 0 Å². The molecule has 2 bridgehead atoms. The van der Waals surface area contributed by atoms with E-state index in [4.69, 9.17) is 0 Å². The maximum absolute atomic E-state index is 2.47. The molecule has 0 aromatic carbocycles. The molecule has 3 aliphatic carbocycles. The predicted octanol–water partition coefficient (Wildman–Crippen LogP) is 3.76. The Morgan fingerprint density at radius 1 is 1.08 bits per heavy atom. The normalized spacial score (nSPS) is 31.4. The van der Waals surface area contributed by atoms with Crippen LogP contribution >= 0.6 is 0 Å². The fourth-order valence-corrected chi connectivity index (χ4v) is 2.88. The highest BCUT2D eigenvalue weighted by molar-refractivity contribution is 5.41. The summed E-state index contributed by atoms with van der Waals surface area (Å²) in [5.41, 5.74) is 5.04. The molecule has 0 aliphatic heterocycles. The first-order valence-electron chi connectivity index (χ1n) is 5.51. The topological polar surface area (TPSA) is 0 Å². The van der Waals surface area contributed by atoms with E-state index >= 15 is 0 Å². The first-order valence-corrected chi connectivity index (χ1v) is 5.51. The van der Waals surface area contributed by atoms with Crippen molar-refractivity contribution in [2.75, 3.05) is 0 Å². The number of hydrogen-bond acceptors (Lipinski definition) is 0. The molecule has 0 radical (unpaired) electrons. The number of hydrogen-bond donors (Lipinski definition) is 0. The van der Waals surface area contributed by atoms with Crippen LogP contribution < -0.4 is 0 Å². The largest absolute Gasteiger partial charge is 0.0805 e. The molecule has 0 fully saturated rings. The molecular weight excluding hydrogens is 156 g/mol. The minimum atomic E-state index is 0.844. The maximum Gasteiger partial charge on any atom is -0.0152 e. The predicted molar refractivity (Wildman–Crippen MR) is 55.4 cm³/mol. The Hall–Kier alpha value is -0.780. The van der Waals surface area contributed by atoms with Crippen LogP contribution in [0.2, 0.25) is 0 Å². The molecule has 0 heterocycles. The van der Waals surface area contributed by atoms with Crippen LogP contribution in [0.5, 0.6) is 0 Å². The molecule has 1 atom stereocenters. The molecule has 0 heteroatoms. The SMILES string of the molecule is C1=CC2CC1=CC1=C(CCCC1)C2. The monoisotopic (exact) mass is 172 g/mol. The van der Waals surface area contributed by atoms with Gasteiger partial charge in [0.05, 0.1) is 0 Å². The van der Waals surface area contributed by atoms with Gasteiger partial charge in [0.1, 0.15) is 0 Å². The van der Waals surface area contributed by atoms with Gasteiger partial charge in [0.25, 0.3) is 0 Å². The van der Waals surface area contributed by atoms with Crippen molar-refractivity contribution < 1.29 is 0 Å². The first kappa shape index (κ1) is 7.61. The number of rotatable bonds is 0. The van der Waals surface area contributed by atoms with Crippen LogP contribution in [0.3, 0.4) is 0 Å². The van der Waals surface area contributed by atoms with Gasteiger partial charge in [0, 0.05) is 0 Å². The minimum Gasteiger partial charge on any atom is -0.0805 e. The smallest absolute Gasteiger partial charge is 0.0152 e. The molecule has 0 saturated heterocycles. The van der Waals surface area contributed by atoms with E-state index < -0.39 is 0 Å². The lowest BCUT2D eigenvalue weighted by molar-refractivity contribution is 0.603. The Kier molecular flexibility index (Phi) is 1.68. The highest BCUT2D eigenvalue weighted by atomic mass is 14.3. The molecule has 0 aromatic rings. The summed E-state index contributed by atoms with van der Waals surface area (Å²) in [5.74, 6) is 0.844. The van der Waals surface area contributed by atoms with E-state index in [0.29, 0.717) is 0 Å². The lowest BCUT2D eigenvalue weighted by Gasteiger charge is -2.18. The molecule has 68 valence electrons. The van der Waals surface area contributed by atoms with Gasteiger partial charge in [0.2, 0.25) is 0 Å². The molecule has 3 rings (SSSR count). The molecule has 0 aromatic heterocycles. The van der Waals surface area contributed by atoms with Crippen LogP contribution in [0.25, 0.3) is 0 Å². The summed E-state index contributed by atoms with van der Waals surface area (Å²) in [5, 5.41) is 0. The van der Waals surface area contributed by atoms with Gasteiger partial charge in [-0.2, -0.15) is 0 Å². The van der Waals surface area contributed by atoms with Crippen LogP contribution in [0.1, 0.15) is 38.5 Å². The Bertz CT molecular complexity index is 315. The van der Waals surface area contributed by atoms with E-state index in [2.05, 4.69) is 18.2 Å². The molecule has 0 amide bonds. The third-order valence-corrected chi connectivity index (χ3v) is 3.58. The second kappa shape index (κ2) is 2.87. The Morgan fingerprint density at radius 2 is 2.00 bits per heavy atom. The summed E-state index contributed by atoms with van der Waals surface area (Å²) in [7, 11) is 0. The summed E-state index contributed by atoms with van der Waals surface area (Å²) < 4.78 is 0. The lowest BCUT2D eigenvalue weighted by atomic mass is 9.87. The molecule has 0 saturated carbocycles. The first-order chi connectivity index (χ1) is 6.42. The number of fused-ring (bicyclic) bond motifs is 2. The molecule has 13 heavy (non-hydrogen) atoms. The van der Waals surface area contributed by atoms with Gasteiger partial charge in [-0.1, -0.05) is 23.8 Å². The summed E-state index contributed by atoms with van der Waals surface area (Å²) in [6, 6.07) is 0. The van der Waals surface area contributed by atoms with Crippen molar-refractivity contribution >= 4 is 0 Å². The van der Waals surface area contributed by atoms with Gasteiger partial charge in [-0.25, -0.2) is 0 Å². The highest BCUT2D eigenvalue weighted by Gasteiger charge is 2.22. The number of allylic oxidation sites excluding steroid dienone is 6. The minimum absolute atomic E-state index is 0.844.